The molecule has 0 atom stereocenters. The zero-order chi connectivity index (χ0) is 13.1. The van der Waals surface area contributed by atoms with E-state index in [0.29, 0.717) is 17.1 Å². The standard InChI is InChI=1S/C12H11ClN2O3/c13-8-1-2-9-7(5-14-6-12(17)18)3-11(16)15-10(9)4-8/h1-4,14H,5-6H2,(H,15,16)(H,17,18). The Bertz CT molecular complexity index is 651. The van der Waals surface area contributed by atoms with E-state index in [4.69, 9.17) is 16.7 Å². The largest absolute Gasteiger partial charge is 0.480 e. The lowest BCUT2D eigenvalue weighted by Gasteiger charge is -2.06. The molecular formula is C12H11ClN2O3. The predicted molar refractivity (Wildman–Crippen MR) is 68.9 cm³/mol. The van der Waals surface area contributed by atoms with Crippen molar-refractivity contribution in [3.05, 3.63) is 45.2 Å². The molecule has 0 bridgehead atoms. The molecule has 3 N–H and O–H groups in total. The number of hydrogen-bond acceptors (Lipinski definition) is 3. The van der Waals surface area contributed by atoms with Crippen molar-refractivity contribution in [2.45, 2.75) is 6.54 Å². The minimum Gasteiger partial charge on any atom is -0.480 e. The molecule has 94 valence electrons. The van der Waals surface area contributed by atoms with Gasteiger partial charge in [0.05, 0.1) is 12.1 Å². The highest BCUT2D eigenvalue weighted by Gasteiger charge is 2.05. The molecule has 0 spiro atoms. The summed E-state index contributed by atoms with van der Waals surface area (Å²) in [4.78, 5) is 24.6. The second kappa shape index (κ2) is 5.20. The molecule has 0 saturated carbocycles. The van der Waals surface area contributed by atoms with E-state index in [1.165, 1.54) is 6.07 Å². The number of carboxylic acid groups (broad SMARTS) is 1. The van der Waals surface area contributed by atoms with E-state index in [0.717, 1.165) is 10.9 Å². The fourth-order valence-corrected chi connectivity index (χ4v) is 1.93. The van der Waals surface area contributed by atoms with Crippen LogP contribution in [0.4, 0.5) is 0 Å². The summed E-state index contributed by atoms with van der Waals surface area (Å²) < 4.78 is 0. The lowest BCUT2D eigenvalue weighted by atomic mass is 10.1. The van der Waals surface area contributed by atoms with Gasteiger partial charge in [0.1, 0.15) is 0 Å². The van der Waals surface area contributed by atoms with Crippen LogP contribution in [0.5, 0.6) is 0 Å². The highest BCUT2D eigenvalue weighted by molar-refractivity contribution is 6.31. The van der Waals surface area contributed by atoms with Crippen LogP contribution in [0.25, 0.3) is 10.9 Å². The number of carbonyl (C=O) groups is 1. The van der Waals surface area contributed by atoms with Crippen LogP contribution < -0.4 is 10.9 Å². The number of benzene rings is 1. The first kappa shape index (κ1) is 12.6. The van der Waals surface area contributed by atoms with Crippen molar-refractivity contribution in [3.8, 4) is 0 Å². The summed E-state index contributed by atoms with van der Waals surface area (Å²) in [6.07, 6.45) is 0. The number of aliphatic carboxylic acids is 1. The van der Waals surface area contributed by atoms with Crippen molar-refractivity contribution in [2.75, 3.05) is 6.54 Å². The maximum absolute atomic E-state index is 11.5. The van der Waals surface area contributed by atoms with Gasteiger partial charge in [-0.3, -0.25) is 9.59 Å². The first-order chi connectivity index (χ1) is 8.56. The molecule has 2 aromatic rings. The molecule has 0 unspecified atom stereocenters. The second-order valence-electron chi connectivity index (χ2n) is 3.85. The maximum Gasteiger partial charge on any atom is 0.317 e. The molecule has 0 amide bonds. The summed E-state index contributed by atoms with van der Waals surface area (Å²) in [5.74, 6) is -0.938. The molecule has 0 aliphatic heterocycles. The quantitative estimate of drug-likeness (QED) is 0.780. The normalized spacial score (nSPS) is 10.7. The number of nitrogens with one attached hydrogen (secondary N) is 2. The van der Waals surface area contributed by atoms with Gasteiger partial charge in [-0.15, -0.1) is 0 Å². The monoisotopic (exact) mass is 266 g/mol. The zero-order valence-corrected chi connectivity index (χ0v) is 10.1. The second-order valence-corrected chi connectivity index (χ2v) is 4.28. The van der Waals surface area contributed by atoms with Crippen LogP contribution in [0.1, 0.15) is 5.56 Å². The number of aromatic nitrogens is 1. The molecule has 1 heterocycles. The molecule has 0 fully saturated rings. The van der Waals surface area contributed by atoms with E-state index in [2.05, 4.69) is 10.3 Å². The Morgan fingerprint density at radius 2 is 2.17 bits per heavy atom. The molecule has 2 rings (SSSR count). The fraction of sp³-hybridized carbons (Fsp3) is 0.167. The Hall–Kier alpha value is -1.85. The average Bonchev–Trinajstić information content (AvgIpc) is 2.27. The highest BCUT2D eigenvalue weighted by Crippen LogP contribution is 2.19. The van der Waals surface area contributed by atoms with E-state index in [1.54, 1.807) is 18.2 Å². The van der Waals surface area contributed by atoms with Crippen LogP contribution in [0.3, 0.4) is 0 Å². The summed E-state index contributed by atoms with van der Waals surface area (Å²) >= 11 is 5.85. The fourth-order valence-electron chi connectivity index (χ4n) is 1.76. The third kappa shape index (κ3) is 2.88. The van der Waals surface area contributed by atoms with Gasteiger partial charge in [0.25, 0.3) is 0 Å². The van der Waals surface area contributed by atoms with Crippen molar-refractivity contribution >= 4 is 28.5 Å². The van der Waals surface area contributed by atoms with Gasteiger partial charge in [-0.25, -0.2) is 0 Å². The molecule has 5 nitrogen and oxygen atoms in total. The van der Waals surface area contributed by atoms with Gasteiger partial charge in [-0.2, -0.15) is 0 Å². The van der Waals surface area contributed by atoms with E-state index in [9.17, 15) is 9.59 Å². The van der Waals surface area contributed by atoms with Crippen LogP contribution in [0, 0.1) is 0 Å². The topological polar surface area (TPSA) is 82.2 Å². The Kier molecular flexibility index (Phi) is 3.64. The van der Waals surface area contributed by atoms with Crippen molar-refractivity contribution in [3.63, 3.8) is 0 Å². The minimum atomic E-state index is -0.938. The Balaban J connectivity index is 2.37. The molecular weight excluding hydrogens is 256 g/mol. The van der Waals surface area contributed by atoms with Gasteiger partial charge in [0.15, 0.2) is 0 Å². The first-order valence-corrected chi connectivity index (χ1v) is 5.68. The maximum atomic E-state index is 11.5. The van der Waals surface area contributed by atoms with Gasteiger partial charge in [0, 0.05) is 23.0 Å². The lowest BCUT2D eigenvalue weighted by molar-refractivity contribution is -0.135. The number of fused-ring (bicyclic) bond motifs is 1. The number of hydrogen-bond donors (Lipinski definition) is 3. The van der Waals surface area contributed by atoms with Crippen LogP contribution >= 0.6 is 11.6 Å². The molecule has 0 radical (unpaired) electrons. The summed E-state index contributed by atoms with van der Waals surface area (Å²) in [7, 11) is 0. The number of halogens is 1. The van der Waals surface area contributed by atoms with Crippen molar-refractivity contribution in [1.29, 1.82) is 0 Å². The highest BCUT2D eigenvalue weighted by atomic mass is 35.5. The summed E-state index contributed by atoms with van der Waals surface area (Å²) in [5.41, 5.74) is 1.14. The number of aromatic amines is 1. The molecule has 0 saturated heterocycles. The first-order valence-electron chi connectivity index (χ1n) is 5.30. The van der Waals surface area contributed by atoms with E-state index >= 15 is 0 Å². The van der Waals surface area contributed by atoms with E-state index in [-0.39, 0.29) is 12.1 Å². The Morgan fingerprint density at radius 3 is 2.89 bits per heavy atom. The summed E-state index contributed by atoms with van der Waals surface area (Å²) in [6.45, 7) is 0.163. The summed E-state index contributed by atoms with van der Waals surface area (Å²) in [6, 6.07) is 6.64. The van der Waals surface area contributed by atoms with E-state index in [1.807, 2.05) is 0 Å². The van der Waals surface area contributed by atoms with Crippen LogP contribution in [0.15, 0.2) is 29.1 Å². The van der Waals surface area contributed by atoms with Crippen molar-refractivity contribution < 1.29 is 9.90 Å². The minimum absolute atomic E-state index is 0.151. The Morgan fingerprint density at radius 1 is 1.39 bits per heavy atom. The number of pyridine rings is 1. The number of carboxylic acids is 1. The number of H-pyrrole nitrogens is 1. The molecule has 1 aromatic heterocycles. The zero-order valence-electron chi connectivity index (χ0n) is 9.37. The molecule has 6 heteroatoms. The van der Waals surface area contributed by atoms with Crippen LogP contribution in [0.2, 0.25) is 5.02 Å². The van der Waals surface area contributed by atoms with Gasteiger partial charge in [0.2, 0.25) is 5.56 Å². The lowest BCUT2D eigenvalue weighted by Crippen LogP contribution is -2.23. The third-order valence-corrected chi connectivity index (χ3v) is 2.72. The van der Waals surface area contributed by atoms with E-state index < -0.39 is 5.97 Å². The van der Waals surface area contributed by atoms with Crippen molar-refractivity contribution in [1.82, 2.24) is 10.3 Å². The van der Waals surface area contributed by atoms with Gasteiger partial charge in [-0.05, 0) is 17.7 Å². The van der Waals surface area contributed by atoms with Gasteiger partial charge >= 0.3 is 5.97 Å². The summed E-state index contributed by atoms with van der Waals surface area (Å²) in [5, 5.41) is 12.7. The molecule has 0 aliphatic rings. The SMILES string of the molecule is O=C(O)CNCc1cc(=O)[nH]c2cc(Cl)ccc12. The molecule has 18 heavy (non-hydrogen) atoms. The predicted octanol–water partition coefficient (Wildman–Crippen LogP) is 1.36. The van der Waals surface area contributed by atoms with Gasteiger partial charge < -0.3 is 15.4 Å². The Labute approximate surface area is 107 Å². The van der Waals surface area contributed by atoms with Gasteiger partial charge in [-0.1, -0.05) is 17.7 Å². The van der Waals surface area contributed by atoms with Crippen LogP contribution in [-0.2, 0) is 11.3 Å². The van der Waals surface area contributed by atoms with Crippen LogP contribution in [-0.4, -0.2) is 22.6 Å². The molecule has 0 aliphatic carbocycles. The smallest absolute Gasteiger partial charge is 0.317 e. The third-order valence-electron chi connectivity index (χ3n) is 2.48. The molecule has 1 aromatic carbocycles. The van der Waals surface area contributed by atoms with Crippen molar-refractivity contribution in [2.24, 2.45) is 0 Å². The number of rotatable bonds is 4. The average molecular weight is 267 g/mol.